The molecule has 4 atom stereocenters. The van der Waals surface area contributed by atoms with E-state index in [1.807, 2.05) is 35.3 Å². The van der Waals surface area contributed by atoms with E-state index in [1.54, 1.807) is 6.07 Å². The summed E-state index contributed by atoms with van der Waals surface area (Å²) in [6, 6.07) is 12.7. The molecule has 1 saturated carbocycles. The van der Waals surface area contributed by atoms with Gasteiger partial charge in [0.25, 0.3) is 5.69 Å². The lowest BCUT2D eigenvalue weighted by molar-refractivity contribution is -0.384. The van der Waals surface area contributed by atoms with Gasteiger partial charge in [0.15, 0.2) is 6.73 Å². The van der Waals surface area contributed by atoms with Gasteiger partial charge in [-0.3, -0.25) is 19.8 Å². The summed E-state index contributed by atoms with van der Waals surface area (Å²) in [6.45, 7) is 4.27. The van der Waals surface area contributed by atoms with Crippen molar-refractivity contribution in [2.24, 2.45) is 17.8 Å². The Kier molecular flexibility index (Phi) is 4.43. The minimum Gasteiger partial charge on any atom is -0.463 e. The number of hydrogen-bond acceptors (Lipinski definition) is 6. The van der Waals surface area contributed by atoms with Crippen molar-refractivity contribution in [3.63, 3.8) is 0 Å². The van der Waals surface area contributed by atoms with E-state index in [9.17, 15) is 14.9 Å². The van der Waals surface area contributed by atoms with Crippen LogP contribution in [-0.2, 0) is 14.9 Å². The number of nitrogens with zero attached hydrogens (tertiary/aromatic N) is 2. The molecular formula is C27H26N2O5. The number of non-ortho nitro benzene ring substituents is 1. The van der Waals surface area contributed by atoms with Gasteiger partial charge in [-0.15, -0.1) is 0 Å². The molecule has 34 heavy (non-hydrogen) atoms. The zero-order valence-electron chi connectivity index (χ0n) is 19.1. The number of esters is 1. The number of rotatable bonds is 4. The summed E-state index contributed by atoms with van der Waals surface area (Å²) in [4.78, 5) is 25.8. The van der Waals surface area contributed by atoms with Crippen LogP contribution in [0.15, 0.2) is 60.7 Å². The topological polar surface area (TPSA) is 81.9 Å². The fourth-order valence-electron chi connectivity index (χ4n) is 6.16. The molecule has 0 saturated heterocycles. The monoisotopic (exact) mass is 458 g/mol. The standard InChI is InChI=1S/C27H26N2O5/c1-26(2)22-5-3-4-6-23(22)28(16-33-25(30)21-14-17-7-8-18(21)13-17)27(26)12-11-19-15-20(29(31)32)9-10-24(19)34-27/h3-12,15,17-18,21H,13-14,16H2,1-2H3. The number of carbonyl (C=O) groups is 1. The van der Waals surface area contributed by atoms with E-state index in [0.717, 1.165) is 24.1 Å². The number of fused-ring (bicyclic) bond motifs is 4. The Balaban J connectivity index is 1.34. The summed E-state index contributed by atoms with van der Waals surface area (Å²) in [5.41, 5.74) is 1.27. The van der Waals surface area contributed by atoms with E-state index in [2.05, 4.69) is 32.1 Å². The minimum absolute atomic E-state index is 0.0163. The number of anilines is 1. The molecule has 1 fully saturated rings. The highest BCUT2D eigenvalue weighted by Crippen LogP contribution is 2.55. The van der Waals surface area contributed by atoms with Crippen LogP contribution in [0.3, 0.4) is 0 Å². The quantitative estimate of drug-likeness (QED) is 0.271. The molecule has 2 aromatic rings. The van der Waals surface area contributed by atoms with Crippen molar-refractivity contribution >= 4 is 23.4 Å². The van der Waals surface area contributed by atoms with Crippen molar-refractivity contribution in [1.82, 2.24) is 0 Å². The van der Waals surface area contributed by atoms with Gasteiger partial charge in [0.05, 0.1) is 16.3 Å². The minimum atomic E-state index is -0.950. The molecule has 0 aromatic heterocycles. The number of nitro benzene ring substituents is 1. The number of allylic oxidation sites excluding steroid dienone is 2. The lowest BCUT2D eigenvalue weighted by Gasteiger charge is -2.46. The maximum absolute atomic E-state index is 13.0. The average Bonchev–Trinajstić information content (AvgIpc) is 3.51. The van der Waals surface area contributed by atoms with Crippen molar-refractivity contribution in [2.45, 2.75) is 37.8 Å². The Morgan fingerprint density at radius 1 is 1.21 bits per heavy atom. The van der Waals surface area contributed by atoms with Crippen LogP contribution in [0.2, 0.25) is 0 Å². The van der Waals surface area contributed by atoms with Gasteiger partial charge >= 0.3 is 5.97 Å². The first-order valence-electron chi connectivity index (χ1n) is 11.7. The van der Waals surface area contributed by atoms with E-state index >= 15 is 0 Å². The summed E-state index contributed by atoms with van der Waals surface area (Å²) in [6.07, 6.45) is 10.1. The normalized spacial score (nSPS) is 29.1. The number of hydrogen-bond donors (Lipinski definition) is 0. The second-order valence-corrected chi connectivity index (χ2v) is 10.2. The Morgan fingerprint density at radius 2 is 2.03 bits per heavy atom. The third-order valence-corrected chi connectivity index (χ3v) is 8.04. The van der Waals surface area contributed by atoms with Gasteiger partial charge in [-0.25, -0.2) is 0 Å². The summed E-state index contributed by atoms with van der Waals surface area (Å²) in [7, 11) is 0. The van der Waals surface area contributed by atoms with Gasteiger partial charge in [-0.05, 0) is 68.4 Å². The average molecular weight is 459 g/mol. The SMILES string of the molecule is CC1(C)c2ccccc2N(COC(=O)C2CC3C=CC2C3)C12C=Cc1cc([N+](=O)[O-])ccc1O2. The Labute approximate surface area is 197 Å². The van der Waals surface area contributed by atoms with Gasteiger partial charge in [-0.1, -0.05) is 30.4 Å². The highest BCUT2D eigenvalue weighted by molar-refractivity contribution is 5.76. The summed E-state index contributed by atoms with van der Waals surface area (Å²) >= 11 is 0. The van der Waals surface area contributed by atoms with Crippen LogP contribution < -0.4 is 9.64 Å². The van der Waals surface area contributed by atoms with E-state index < -0.39 is 16.1 Å². The fraction of sp³-hybridized carbons (Fsp3) is 0.370. The number of benzene rings is 2. The Bertz CT molecular complexity index is 1270. The van der Waals surface area contributed by atoms with Crippen molar-refractivity contribution < 1.29 is 19.2 Å². The molecule has 2 bridgehead atoms. The van der Waals surface area contributed by atoms with Gasteiger partial charge in [0, 0.05) is 23.4 Å². The summed E-state index contributed by atoms with van der Waals surface area (Å²) < 4.78 is 12.6. The molecule has 0 N–H and O–H groups in total. The first kappa shape index (κ1) is 21.0. The molecule has 2 heterocycles. The van der Waals surface area contributed by atoms with Crippen molar-refractivity contribution in [1.29, 1.82) is 0 Å². The molecule has 0 radical (unpaired) electrons. The van der Waals surface area contributed by atoms with Crippen LogP contribution in [0.1, 0.15) is 37.8 Å². The zero-order valence-corrected chi connectivity index (χ0v) is 19.1. The molecule has 2 aliphatic heterocycles. The van der Waals surface area contributed by atoms with Gasteiger partial charge in [0.1, 0.15) is 5.75 Å². The van der Waals surface area contributed by atoms with E-state index in [-0.39, 0.29) is 30.2 Å². The first-order chi connectivity index (χ1) is 16.3. The van der Waals surface area contributed by atoms with Crippen molar-refractivity contribution in [2.75, 3.05) is 11.6 Å². The molecule has 2 aliphatic carbocycles. The highest BCUT2D eigenvalue weighted by Gasteiger charge is 2.59. The van der Waals surface area contributed by atoms with E-state index in [4.69, 9.17) is 9.47 Å². The molecule has 6 rings (SSSR count). The van der Waals surface area contributed by atoms with Gasteiger partial charge in [0.2, 0.25) is 5.72 Å². The van der Waals surface area contributed by atoms with E-state index in [0.29, 0.717) is 17.2 Å². The third-order valence-electron chi connectivity index (χ3n) is 8.04. The highest BCUT2D eigenvalue weighted by atomic mass is 16.6. The third kappa shape index (κ3) is 2.85. The van der Waals surface area contributed by atoms with Crippen LogP contribution in [-0.4, -0.2) is 23.3 Å². The van der Waals surface area contributed by atoms with Crippen LogP contribution in [0.5, 0.6) is 5.75 Å². The van der Waals surface area contributed by atoms with Crippen LogP contribution >= 0.6 is 0 Å². The maximum Gasteiger partial charge on any atom is 0.311 e. The summed E-state index contributed by atoms with van der Waals surface area (Å²) in [5.74, 6) is 1.09. The van der Waals surface area contributed by atoms with Crippen LogP contribution in [0, 0.1) is 27.9 Å². The smallest absolute Gasteiger partial charge is 0.311 e. The predicted molar refractivity (Wildman–Crippen MR) is 127 cm³/mol. The van der Waals surface area contributed by atoms with Crippen molar-refractivity contribution in [3.8, 4) is 5.75 Å². The largest absolute Gasteiger partial charge is 0.463 e. The summed E-state index contributed by atoms with van der Waals surface area (Å²) in [5, 5.41) is 11.2. The molecule has 7 nitrogen and oxygen atoms in total. The molecule has 1 spiro atoms. The number of para-hydroxylation sites is 1. The first-order valence-corrected chi connectivity index (χ1v) is 11.7. The Hall–Kier alpha value is -3.61. The Morgan fingerprint density at radius 3 is 2.76 bits per heavy atom. The molecule has 7 heteroatoms. The zero-order chi connectivity index (χ0) is 23.7. The van der Waals surface area contributed by atoms with E-state index in [1.165, 1.54) is 12.1 Å². The number of ether oxygens (including phenoxy) is 2. The van der Waals surface area contributed by atoms with Gasteiger partial charge < -0.3 is 9.47 Å². The van der Waals surface area contributed by atoms with Crippen LogP contribution in [0.4, 0.5) is 11.4 Å². The predicted octanol–water partition coefficient (Wildman–Crippen LogP) is 5.21. The molecule has 2 aromatic carbocycles. The fourth-order valence-corrected chi connectivity index (χ4v) is 6.16. The molecule has 4 unspecified atom stereocenters. The second kappa shape index (κ2) is 7.19. The number of nitro groups is 1. The lowest BCUT2D eigenvalue weighted by atomic mass is 9.76. The molecular weight excluding hydrogens is 432 g/mol. The second-order valence-electron chi connectivity index (χ2n) is 10.2. The van der Waals surface area contributed by atoms with Gasteiger partial charge in [-0.2, -0.15) is 0 Å². The molecule has 0 amide bonds. The maximum atomic E-state index is 13.0. The number of carbonyl (C=O) groups excluding carboxylic acids is 1. The van der Waals surface area contributed by atoms with Crippen molar-refractivity contribution in [3.05, 3.63) is 81.9 Å². The lowest BCUT2D eigenvalue weighted by Crippen LogP contribution is -2.60. The van der Waals surface area contributed by atoms with Crippen LogP contribution in [0.25, 0.3) is 6.08 Å². The molecule has 4 aliphatic rings. The molecule has 174 valence electrons.